The Morgan fingerprint density at radius 2 is 1.85 bits per heavy atom. The summed E-state index contributed by atoms with van der Waals surface area (Å²) in [6, 6.07) is 13.9. The van der Waals surface area contributed by atoms with Gasteiger partial charge in [-0.2, -0.15) is 18.3 Å². The van der Waals surface area contributed by atoms with Gasteiger partial charge in [0.05, 0.1) is 16.9 Å². The van der Waals surface area contributed by atoms with Crippen LogP contribution in [0.2, 0.25) is 0 Å². The molecule has 2 heterocycles. The van der Waals surface area contributed by atoms with Crippen LogP contribution in [-0.4, -0.2) is 26.5 Å². The normalized spacial score (nSPS) is 14.9. The number of nitrogen functional groups attached to an aromatic ring is 1. The van der Waals surface area contributed by atoms with Crippen LogP contribution in [0.15, 0.2) is 73.1 Å². The highest BCUT2D eigenvalue weighted by atomic mass is 19.4. The maximum absolute atomic E-state index is 15.0. The quantitative estimate of drug-likeness (QED) is 0.123. The van der Waals surface area contributed by atoms with Crippen molar-refractivity contribution in [2.45, 2.75) is 37.4 Å². The molecule has 6 N–H and O–H groups in total. The van der Waals surface area contributed by atoms with E-state index in [0.717, 1.165) is 30.0 Å². The van der Waals surface area contributed by atoms with Gasteiger partial charge in [-0.05, 0) is 60.2 Å². The number of nitrogens with two attached hydrogens (primary N) is 2. The van der Waals surface area contributed by atoms with Crippen LogP contribution in [0.1, 0.15) is 58.6 Å². The fraction of sp³-hybridized carbons (Fsp3) is 0.241. The Hall–Kier alpha value is -4.58. The second-order valence-electron chi connectivity index (χ2n) is 10.1. The first-order chi connectivity index (χ1) is 19.5. The van der Waals surface area contributed by atoms with E-state index in [1.807, 2.05) is 6.07 Å². The number of halogens is 4. The monoisotopic (exact) mass is 565 g/mol. The highest BCUT2D eigenvalue weighted by Crippen LogP contribution is 2.40. The lowest BCUT2D eigenvalue weighted by Crippen LogP contribution is -2.38. The van der Waals surface area contributed by atoms with Gasteiger partial charge in [0.25, 0.3) is 5.91 Å². The number of pyridine rings is 1. The van der Waals surface area contributed by atoms with Gasteiger partial charge in [-0.15, -0.1) is 0 Å². The van der Waals surface area contributed by atoms with E-state index in [9.17, 15) is 18.0 Å². The molecule has 1 aliphatic carbocycles. The number of benzene rings is 2. The molecule has 0 radical (unpaired) electrons. The Morgan fingerprint density at radius 1 is 1.07 bits per heavy atom. The fourth-order valence-corrected chi connectivity index (χ4v) is 4.69. The fourth-order valence-electron chi connectivity index (χ4n) is 4.69. The Morgan fingerprint density at radius 3 is 2.51 bits per heavy atom. The molecule has 8 nitrogen and oxygen atoms in total. The predicted octanol–water partition coefficient (Wildman–Crippen LogP) is 5.35. The third-order valence-corrected chi connectivity index (χ3v) is 7.18. The van der Waals surface area contributed by atoms with Crippen LogP contribution >= 0.6 is 0 Å². The third-order valence-electron chi connectivity index (χ3n) is 7.18. The number of rotatable bonds is 9. The minimum Gasteiger partial charge on any atom is -0.384 e. The van der Waals surface area contributed by atoms with Crippen LogP contribution in [0.4, 0.5) is 23.2 Å². The van der Waals surface area contributed by atoms with Crippen molar-refractivity contribution >= 4 is 17.4 Å². The van der Waals surface area contributed by atoms with Crippen LogP contribution in [0.25, 0.3) is 5.69 Å². The molecule has 1 unspecified atom stereocenters. The minimum atomic E-state index is -4.85. The molecule has 1 fully saturated rings. The molecule has 0 spiro atoms. The molecule has 1 atom stereocenters. The number of carbonyl (C=O) groups is 1. The van der Waals surface area contributed by atoms with E-state index in [1.165, 1.54) is 36.4 Å². The summed E-state index contributed by atoms with van der Waals surface area (Å²) >= 11 is 0. The number of carbonyl (C=O) groups excluding carboxylic acids is 1. The lowest BCUT2D eigenvalue weighted by Gasteiger charge is -2.31. The van der Waals surface area contributed by atoms with Crippen molar-refractivity contribution < 1.29 is 22.4 Å². The number of aromatic nitrogens is 3. The number of nitrogens with zero attached hydrogens (tertiary/aromatic N) is 3. The molecule has 0 aliphatic heterocycles. The molecule has 1 amide bonds. The smallest absolute Gasteiger partial charge is 0.384 e. The molecule has 0 saturated heterocycles. The summed E-state index contributed by atoms with van der Waals surface area (Å²) in [7, 11) is 0. The second-order valence-corrected chi connectivity index (χ2v) is 10.1. The molecule has 12 heteroatoms. The summed E-state index contributed by atoms with van der Waals surface area (Å²) in [6.45, 7) is 0. The third kappa shape index (κ3) is 5.97. The minimum absolute atomic E-state index is 0.0604. The van der Waals surface area contributed by atoms with Crippen molar-refractivity contribution in [2.75, 3.05) is 5.32 Å². The summed E-state index contributed by atoms with van der Waals surface area (Å²) in [5, 5.41) is 13.6. The first kappa shape index (κ1) is 28.0. The van der Waals surface area contributed by atoms with Gasteiger partial charge in [-0.1, -0.05) is 37.1 Å². The first-order valence-corrected chi connectivity index (χ1v) is 12.9. The van der Waals surface area contributed by atoms with Gasteiger partial charge in [0.15, 0.2) is 5.69 Å². The molecule has 1 aliphatic rings. The summed E-state index contributed by atoms with van der Waals surface area (Å²) in [5.74, 6) is -1.57. The number of hydrogen-bond donors (Lipinski definition) is 4. The molecular weight excluding hydrogens is 538 g/mol. The van der Waals surface area contributed by atoms with Gasteiger partial charge in [-0.25, -0.2) is 9.07 Å². The van der Waals surface area contributed by atoms with Gasteiger partial charge < -0.3 is 16.8 Å². The zero-order valence-corrected chi connectivity index (χ0v) is 21.8. The standard InChI is InChI=1S/C29H27F4N7O/c30-22-9-8-19(28(36,11-10-17-6-7-17)20-4-2-12-37-16-20)14-23(22)38-27(41)24-15-25(29(31,32)33)39-40(24)21-5-1-3-18(13-21)26(34)35/h1-5,8-9,12-17H,6-7,10-11,36H2,(H3,34,35)(H,38,41). The number of hydrogen-bond acceptors (Lipinski definition) is 5. The van der Waals surface area contributed by atoms with E-state index >= 15 is 4.39 Å². The maximum atomic E-state index is 15.0. The van der Waals surface area contributed by atoms with E-state index in [-0.39, 0.29) is 22.8 Å². The first-order valence-electron chi connectivity index (χ1n) is 12.9. The van der Waals surface area contributed by atoms with Crippen molar-refractivity contribution in [3.8, 4) is 5.69 Å². The van der Waals surface area contributed by atoms with E-state index in [2.05, 4.69) is 15.4 Å². The maximum Gasteiger partial charge on any atom is 0.435 e. The number of nitrogens with one attached hydrogen (secondary N) is 2. The van der Waals surface area contributed by atoms with Crippen LogP contribution < -0.4 is 16.8 Å². The number of anilines is 1. The Balaban J connectivity index is 1.52. The topological polar surface area (TPSA) is 136 Å². The summed E-state index contributed by atoms with van der Waals surface area (Å²) in [4.78, 5) is 17.5. The Labute approximate surface area is 232 Å². The Kier molecular flexibility index (Phi) is 7.35. The number of amides is 1. The lowest BCUT2D eigenvalue weighted by molar-refractivity contribution is -0.141. The predicted molar refractivity (Wildman–Crippen MR) is 145 cm³/mol. The highest BCUT2D eigenvalue weighted by Gasteiger charge is 2.37. The number of amidine groups is 1. The SMILES string of the molecule is N=C(N)c1cccc(-n2nc(C(F)(F)F)cc2C(=O)Nc2cc(C(N)(CCC3CC3)c3cccnc3)ccc2F)c1. The van der Waals surface area contributed by atoms with Crippen LogP contribution in [0.3, 0.4) is 0 Å². The molecule has 4 aromatic rings. The average Bonchev–Trinajstić information content (AvgIpc) is 3.67. The molecule has 41 heavy (non-hydrogen) atoms. The molecule has 2 aromatic heterocycles. The number of alkyl halides is 3. The largest absolute Gasteiger partial charge is 0.435 e. The summed E-state index contributed by atoms with van der Waals surface area (Å²) in [6.07, 6.45) is 2.05. The molecule has 0 bridgehead atoms. The highest BCUT2D eigenvalue weighted by molar-refractivity contribution is 6.04. The van der Waals surface area contributed by atoms with Crippen molar-refractivity contribution in [2.24, 2.45) is 17.4 Å². The van der Waals surface area contributed by atoms with Crippen LogP contribution in [-0.2, 0) is 11.7 Å². The van der Waals surface area contributed by atoms with Gasteiger partial charge >= 0.3 is 6.18 Å². The van der Waals surface area contributed by atoms with Gasteiger partial charge in [0.2, 0.25) is 0 Å². The summed E-state index contributed by atoms with van der Waals surface area (Å²) < 4.78 is 56.6. The van der Waals surface area contributed by atoms with Gasteiger partial charge in [0, 0.05) is 24.0 Å². The van der Waals surface area contributed by atoms with Crippen molar-refractivity contribution in [3.05, 3.63) is 107 Å². The van der Waals surface area contributed by atoms with E-state index in [0.29, 0.717) is 29.5 Å². The van der Waals surface area contributed by atoms with E-state index in [4.69, 9.17) is 16.9 Å². The molecule has 2 aromatic carbocycles. The lowest BCUT2D eigenvalue weighted by atomic mass is 9.80. The van der Waals surface area contributed by atoms with Crippen molar-refractivity contribution in [1.29, 1.82) is 5.41 Å². The zero-order valence-electron chi connectivity index (χ0n) is 21.8. The Bertz CT molecular complexity index is 1600. The molecule has 5 rings (SSSR count). The zero-order chi connectivity index (χ0) is 29.4. The van der Waals surface area contributed by atoms with Crippen LogP contribution in [0.5, 0.6) is 0 Å². The van der Waals surface area contributed by atoms with Crippen molar-refractivity contribution in [3.63, 3.8) is 0 Å². The van der Waals surface area contributed by atoms with E-state index < -0.39 is 34.8 Å². The summed E-state index contributed by atoms with van der Waals surface area (Å²) in [5.41, 5.74) is 10.8. The van der Waals surface area contributed by atoms with Gasteiger partial charge in [0.1, 0.15) is 17.3 Å². The van der Waals surface area contributed by atoms with Gasteiger partial charge in [-0.3, -0.25) is 15.2 Å². The van der Waals surface area contributed by atoms with Crippen LogP contribution in [0, 0.1) is 17.1 Å². The average molecular weight is 566 g/mol. The second kappa shape index (κ2) is 10.8. The molecule has 212 valence electrons. The molecular formula is C29H27F4N7O. The van der Waals surface area contributed by atoms with E-state index in [1.54, 1.807) is 18.5 Å². The molecule has 1 saturated carbocycles. The van der Waals surface area contributed by atoms with Crippen molar-refractivity contribution in [1.82, 2.24) is 14.8 Å².